The van der Waals surface area contributed by atoms with Crippen molar-refractivity contribution in [1.82, 2.24) is 5.32 Å². The fourth-order valence-corrected chi connectivity index (χ4v) is 1.19. The number of rotatable bonds is 5. The van der Waals surface area contributed by atoms with Crippen molar-refractivity contribution < 1.29 is 9.84 Å². The van der Waals surface area contributed by atoms with Gasteiger partial charge in [-0.25, -0.2) is 0 Å². The van der Waals surface area contributed by atoms with Crippen LogP contribution in [0.5, 0.6) is 5.75 Å². The van der Waals surface area contributed by atoms with E-state index in [-0.39, 0.29) is 5.54 Å². The minimum atomic E-state index is -0.487. The Labute approximate surface area is 97.4 Å². The van der Waals surface area contributed by atoms with Crippen molar-refractivity contribution in [3.05, 3.63) is 30.3 Å². The number of ether oxygens (including phenoxy) is 1. The summed E-state index contributed by atoms with van der Waals surface area (Å²) in [5.41, 5.74) is 0.0216. The molecule has 3 heteroatoms. The van der Waals surface area contributed by atoms with E-state index in [0.717, 1.165) is 5.75 Å². The Hall–Kier alpha value is -1.06. The number of para-hydroxylation sites is 1. The van der Waals surface area contributed by atoms with Crippen molar-refractivity contribution in [2.75, 3.05) is 13.2 Å². The number of hydrogen-bond acceptors (Lipinski definition) is 3. The predicted molar refractivity (Wildman–Crippen MR) is 65.7 cm³/mol. The zero-order valence-corrected chi connectivity index (χ0v) is 10.2. The third kappa shape index (κ3) is 5.73. The van der Waals surface area contributed by atoms with Crippen molar-refractivity contribution in [2.45, 2.75) is 32.4 Å². The molecule has 0 radical (unpaired) electrons. The maximum absolute atomic E-state index is 9.69. The van der Waals surface area contributed by atoms with Crippen LogP contribution in [0.15, 0.2) is 30.3 Å². The molecule has 3 nitrogen and oxygen atoms in total. The highest BCUT2D eigenvalue weighted by Gasteiger charge is 2.12. The first-order chi connectivity index (χ1) is 7.47. The summed E-state index contributed by atoms with van der Waals surface area (Å²) in [5, 5.41) is 12.9. The average molecular weight is 223 g/mol. The topological polar surface area (TPSA) is 41.5 Å². The van der Waals surface area contributed by atoms with Crippen LogP contribution in [0.2, 0.25) is 0 Å². The van der Waals surface area contributed by atoms with Gasteiger partial charge in [-0.05, 0) is 32.9 Å². The molecule has 90 valence electrons. The van der Waals surface area contributed by atoms with Crippen LogP contribution in [0.1, 0.15) is 20.8 Å². The molecule has 0 unspecified atom stereocenters. The molecule has 1 rings (SSSR count). The van der Waals surface area contributed by atoms with Gasteiger partial charge in [0.05, 0.1) is 0 Å². The van der Waals surface area contributed by atoms with E-state index in [1.807, 2.05) is 30.3 Å². The second-order valence-electron chi connectivity index (χ2n) is 4.91. The molecular weight excluding hydrogens is 202 g/mol. The van der Waals surface area contributed by atoms with Gasteiger partial charge in [0.2, 0.25) is 0 Å². The van der Waals surface area contributed by atoms with Crippen LogP contribution in [0.3, 0.4) is 0 Å². The summed E-state index contributed by atoms with van der Waals surface area (Å²) in [4.78, 5) is 0. The number of benzene rings is 1. The molecule has 16 heavy (non-hydrogen) atoms. The first-order valence-corrected chi connectivity index (χ1v) is 5.58. The lowest BCUT2D eigenvalue weighted by Gasteiger charge is -2.22. The van der Waals surface area contributed by atoms with E-state index >= 15 is 0 Å². The summed E-state index contributed by atoms with van der Waals surface area (Å²) in [6.07, 6.45) is -0.487. The smallest absolute Gasteiger partial charge is 0.119 e. The van der Waals surface area contributed by atoms with Gasteiger partial charge >= 0.3 is 0 Å². The third-order valence-electron chi connectivity index (χ3n) is 2.05. The number of nitrogens with one attached hydrogen (secondary N) is 1. The van der Waals surface area contributed by atoms with Gasteiger partial charge in [0.15, 0.2) is 0 Å². The minimum absolute atomic E-state index is 0.0216. The summed E-state index contributed by atoms with van der Waals surface area (Å²) in [6.45, 7) is 7.05. The molecule has 0 saturated heterocycles. The Balaban J connectivity index is 2.23. The molecule has 0 aliphatic carbocycles. The summed E-state index contributed by atoms with van der Waals surface area (Å²) in [7, 11) is 0. The van der Waals surface area contributed by atoms with Gasteiger partial charge in [-0.1, -0.05) is 18.2 Å². The van der Waals surface area contributed by atoms with Crippen molar-refractivity contribution in [3.8, 4) is 5.75 Å². The zero-order chi connectivity index (χ0) is 12.0. The van der Waals surface area contributed by atoms with Crippen molar-refractivity contribution in [2.24, 2.45) is 0 Å². The predicted octanol–water partition coefficient (Wildman–Crippen LogP) is 1.81. The quantitative estimate of drug-likeness (QED) is 0.800. The fourth-order valence-electron chi connectivity index (χ4n) is 1.19. The molecule has 0 saturated carbocycles. The third-order valence-corrected chi connectivity index (χ3v) is 2.05. The number of aliphatic hydroxyl groups is 1. The van der Waals surface area contributed by atoms with Crippen molar-refractivity contribution in [1.29, 1.82) is 0 Å². The molecule has 1 aromatic rings. The summed E-state index contributed by atoms with van der Waals surface area (Å²) < 4.78 is 5.44. The first-order valence-electron chi connectivity index (χ1n) is 5.58. The van der Waals surface area contributed by atoms with E-state index in [4.69, 9.17) is 4.74 Å². The maximum Gasteiger partial charge on any atom is 0.119 e. The van der Waals surface area contributed by atoms with Crippen LogP contribution in [0.25, 0.3) is 0 Å². The highest BCUT2D eigenvalue weighted by Crippen LogP contribution is 2.08. The second-order valence-corrected chi connectivity index (χ2v) is 4.91. The summed E-state index contributed by atoms with van der Waals surface area (Å²) >= 11 is 0. The van der Waals surface area contributed by atoms with Gasteiger partial charge in [0.25, 0.3) is 0 Å². The SMILES string of the molecule is CC(C)(C)NC[C@@H](O)COc1ccccc1. The van der Waals surface area contributed by atoms with Gasteiger partial charge in [0.1, 0.15) is 18.5 Å². The molecule has 0 fully saturated rings. The van der Waals surface area contributed by atoms with Crippen LogP contribution >= 0.6 is 0 Å². The summed E-state index contributed by atoms with van der Waals surface area (Å²) in [6, 6.07) is 9.52. The summed E-state index contributed by atoms with van der Waals surface area (Å²) in [5.74, 6) is 0.789. The van der Waals surface area contributed by atoms with Crippen LogP contribution < -0.4 is 10.1 Å². The molecule has 0 bridgehead atoms. The lowest BCUT2D eigenvalue weighted by molar-refractivity contribution is 0.100. The Morgan fingerprint density at radius 1 is 1.25 bits per heavy atom. The number of aliphatic hydroxyl groups excluding tert-OH is 1. The molecule has 2 N–H and O–H groups in total. The Morgan fingerprint density at radius 2 is 1.88 bits per heavy atom. The molecule has 0 amide bonds. The van der Waals surface area contributed by atoms with E-state index in [9.17, 15) is 5.11 Å². The Kier molecular flexibility index (Phi) is 4.77. The second kappa shape index (κ2) is 5.87. The highest BCUT2D eigenvalue weighted by atomic mass is 16.5. The van der Waals surface area contributed by atoms with Gasteiger partial charge in [0, 0.05) is 12.1 Å². The zero-order valence-electron chi connectivity index (χ0n) is 10.2. The lowest BCUT2D eigenvalue weighted by atomic mass is 10.1. The van der Waals surface area contributed by atoms with Crippen LogP contribution in [-0.4, -0.2) is 29.9 Å². The minimum Gasteiger partial charge on any atom is -0.491 e. The van der Waals surface area contributed by atoms with E-state index in [1.165, 1.54) is 0 Å². The van der Waals surface area contributed by atoms with Crippen molar-refractivity contribution in [3.63, 3.8) is 0 Å². The molecule has 0 heterocycles. The lowest BCUT2D eigenvalue weighted by Crippen LogP contribution is -2.42. The van der Waals surface area contributed by atoms with Crippen LogP contribution in [-0.2, 0) is 0 Å². The number of hydrogen-bond donors (Lipinski definition) is 2. The molecule has 0 spiro atoms. The van der Waals surface area contributed by atoms with Crippen LogP contribution in [0, 0.1) is 0 Å². The Morgan fingerprint density at radius 3 is 2.44 bits per heavy atom. The highest BCUT2D eigenvalue weighted by molar-refractivity contribution is 5.20. The van der Waals surface area contributed by atoms with Gasteiger partial charge in [-0.3, -0.25) is 0 Å². The van der Waals surface area contributed by atoms with E-state index < -0.39 is 6.10 Å². The van der Waals surface area contributed by atoms with Gasteiger partial charge in [-0.15, -0.1) is 0 Å². The monoisotopic (exact) mass is 223 g/mol. The standard InChI is InChI=1S/C13H21NO2/c1-13(2,3)14-9-11(15)10-16-12-7-5-4-6-8-12/h4-8,11,14-15H,9-10H2,1-3H3/t11-/m1/s1. The molecule has 1 atom stereocenters. The molecule has 0 aromatic heterocycles. The van der Waals surface area contributed by atoms with Gasteiger partial charge < -0.3 is 15.2 Å². The van der Waals surface area contributed by atoms with Gasteiger partial charge in [-0.2, -0.15) is 0 Å². The van der Waals surface area contributed by atoms with E-state index in [1.54, 1.807) is 0 Å². The normalized spacial score (nSPS) is 13.5. The molecular formula is C13H21NO2. The van der Waals surface area contributed by atoms with E-state index in [2.05, 4.69) is 26.1 Å². The van der Waals surface area contributed by atoms with E-state index in [0.29, 0.717) is 13.2 Å². The molecule has 0 aliphatic heterocycles. The molecule has 0 aliphatic rings. The number of β-amino-alcohol motifs (C(OH)–C–C–N with tert-alkyl or cyclic N) is 1. The Bertz CT molecular complexity index is 293. The first kappa shape index (κ1) is 13.0. The maximum atomic E-state index is 9.69. The van der Waals surface area contributed by atoms with Crippen molar-refractivity contribution >= 4 is 0 Å². The average Bonchev–Trinajstić information content (AvgIpc) is 2.24. The molecule has 1 aromatic carbocycles. The fraction of sp³-hybridized carbons (Fsp3) is 0.538. The van der Waals surface area contributed by atoms with Crippen LogP contribution in [0.4, 0.5) is 0 Å². The largest absolute Gasteiger partial charge is 0.491 e.